The van der Waals surface area contributed by atoms with E-state index < -0.39 is 0 Å². The maximum absolute atomic E-state index is 6.09. The lowest BCUT2D eigenvalue weighted by Crippen LogP contribution is -2.33. The molecule has 3 aromatic rings. The van der Waals surface area contributed by atoms with Crippen molar-refractivity contribution in [2.45, 2.75) is 75.9 Å². The average molecular weight is 435 g/mol. The zero-order chi connectivity index (χ0) is 21.8. The van der Waals surface area contributed by atoms with Gasteiger partial charge in [0.05, 0.1) is 6.33 Å². The molecule has 0 unspecified atom stereocenters. The van der Waals surface area contributed by atoms with Crippen molar-refractivity contribution in [1.82, 2.24) is 24.9 Å². The highest BCUT2D eigenvalue weighted by Gasteiger charge is 2.23. The monoisotopic (exact) mass is 434 g/mol. The summed E-state index contributed by atoms with van der Waals surface area (Å²) in [5.41, 5.74) is 15.8. The molecule has 5 N–H and O–H groups in total. The van der Waals surface area contributed by atoms with Crippen LogP contribution in [0.2, 0.25) is 0 Å². The first kappa shape index (κ1) is 21.2. The summed E-state index contributed by atoms with van der Waals surface area (Å²) < 4.78 is 2.25. The zero-order valence-electron chi connectivity index (χ0n) is 18.6. The van der Waals surface area contributed by atoms with Gasteiger partial charge in [0, 0.05) is 24.7 Å². The van der Waals surface area contributed by atoms with Crippen molar-refractivity contribution in [3.05, 3.63) is 42.2 Å². The minimum Gasteiger partial charge on any atom is -0.351 e. The molecule has 2 saturated carbocycles. The SMILES string of the molecule is N[C@H]1CC[C@H](Nc2nc(NNCCc3ccccc3)c3ncn(C4CCCC4)c3n2)CC1. The Labute approximate surface area is 189 Å². The van der Waals surface area contributed by atoms with Crippen LogP contribution in [0.3, 0.4) is 0 Å². The second-order valence-corrected chi connectivity index (χ2v) is 9.20. The zero-order valence-corrected chi connectivity index (χ0v) is 18.6. The Balaban J connectivity index is 1.34. The van der Waals surface area contributed by atoms with Gasteiger partial charge in [0.25, 0.3) is 0 Å². The number of nitrogens with zero attached hydrogens (tertiary/aromatic N) is 4. The molecule has 8 nitrogen and oxygen atoms in total. The van der Waals surface area contributed by atoms with Crippen LogP contribution in [0, 0.1) is 0 Å². The van der Waals surface area contributed by atoms with Crippen molar-refractivity contribution >= 4 is 22.9 Å². The molecule has 2 heterocycles. The Bertz CT molecular complexity index is 1000. The topological polar surface area (TPSA) is 106 Å². The first-order valence-electron chi connectivity index (χ1n) is 12.1. The number of aromatic nitrogens is 4. The van der Waals surface area contributed by atoms with Gasteiger partial charge in [0.2, 0.25) is 5.95 Å². The van der Waals surface area contributed by atoms with Crippen molar-refractivity contribution < 1.29 is 0 Å². The maximum Gasteiger partial charge on any atom is 0.227 e. The Hall–Kier alpha value is -2.71. The van der Waals surface area contributed by atoms with Crippen LogP contribution >= 0.6 is 0 Å². The molecule has 170 valence electrons. The molecular formula is C24H34N8. The van der Waals surface area contributed by atoms with Gasteiger partial charge in [-0.05, 0) is 50.5 Å². The van der Waals surface area contributed by atoms with Crippen molar-refractivity contribution in [2.75, 3.05) is 17.3 Å². The summed E-state index contributed by atoms with van der Waals surface area (Å²) in [5.74, 6) is 1.40. The Morgan fingerprint density at radius 1 is 0.969 bits per heavy atom. The number of nitrogens with one attached hydrogen (secondary N) is 3. The fraction of sp³-hybridized carbons (Fsp3) is 0.542. The summed E-state index contributed by atoms with van der Waals surface area (Å²) in [6.07, 6.45) is 12.0. The molecule has 1 aromatic carbocycles. The van der Waals surface area contributed by atoms with E-state index in [1.807, 2.05) is 12.4 Å². The van der Waals surface area contributed by atoms with E-state index in [1.165, 1.54) is 31.2 Å². The standard InChI is InChI=1S/C24H34N8/c25-18-10-12-19(13-11-18)28-24-29-22(31-27-15-14-17-6-2-1-3-7-17)21-23(30-24)32(16-26-21)20-8-4-5-9-20/h1-3,6-7,16,18-20,27H,4-5,8-15,25H2,(H2,28,29,30,31)/t18-,19-. The summed E-state index contributed by atoms with van der Waals surface area (Å²) >= 11 is 0. The second-order valence-electron chi connectivity index (χ2n) is 9.20. The van der Waals surface area contributed by atoms with Gasteiger partial charge in [-0.1, -0.05) is 43.2 Å². The number of hydrazine groups is 1. The van der Waals surface area contributed by atoms with Gasteiger partial charge in [-0.2, -0.15) is 9.97 Å². The molecule has 0 spiro atoms. The molecule has 2 aromatic heterocycles. The third-order valence-electron chi connectivity index (χ3n) is 6.83. The van der Waals surface area contributed by atoms with E-state index in [2.05, 4.69) is 50.0 Å². The minimum absolute atomic E-state index is 0.325. The lowest BCUT2D eigenvalue weighted by molar-refractivity contribution is 0.410. The molecule has 2 aliphatic carbocycles. The molecule has 0 saturated heterocycles. The van der Waals surface area contributed by atoms with Crippen molar-refractivity contribution in [1.29, 1.82) is 0 Å². The molecule has 0 atom stereocenters. The molecule has 0 bridgehead atoms. The molecule has 0 aliphatic heterocycles. The number of imidazole rings is 1. The van der Waals surface area contributed by atoms with Gasteiger partial charge in [0.15, 0.2) is 17.0 Å². The van der Waals surface area contributed by atoms with E-state index in [0.717, 1.165) is 55.6 Å². The van der Waals surface area contributed by atoms with Crippen LogP contribution < -0.4 is 21.9 Å². The lowest BCUT2D eigenvalue weighted by atomic mass is 9.92. The number of benzene rings is 1. The third-order valence-corrected chi connectivity index (χ3v) is 6.83. The van der Waals surface area contributed by atoms with Crippen LogP contribution in [0.1, 0.15) is 63.0 Å². The highest BCUT2D eigenvalue weighted by molar-refractivity contribution is 5.84. The van der Waals surface area contributed by atoms with Crippen molar-refractivity contribution in [2.24, 2.45) is 5.73 Å². The molecule has 2 aliphatic rings. The third kappa shape index (κ3) is 4.86. The molecule has 0 amide bonds. The van der Waals surface area contributed by atoms with Crippen LogP contribution in [-0.2, 0) is 6.42 Å². The summed E-state index contributed by atoms with van der Waals surface area (Å²) in [4.78, 5) is 14.4. The van der Waals surface area contributed by atoms with E-state index >= 15 is 0 Å². The summed E-state index contributed by atoms with van der Waals surface area (Å²) in [6, 6.07) is 11.7. The number of fused-ring (bicyclic) bond motifs is 1. The maximum atomic E-state index is 6.09. The Morgan fingerprint density at radius 3 is 2.53 bits per heavy atom. The van der Waals surface area contributed by atoms with Crippen LogP contribution in [0.4, 0.5) is 11.8 Å². The second kappa shape index (κ2) is 9.83. The van der Waals surface area contributed by atoms with Crippen molar-refractivity contribution in [3.8, 4) is 0 Å². The summed E-state index contributed by atoms with van der Waals surface area (Å²) in [7, 11) is 0. The van der Waals surface area contributed by atoms with Gasteiger partial charge in [-0.25, -0.2) is 10.4 Å². The number of hydrogen-bond acceptors (Lipinski definition) is 7. The molecule has 5 rings (SSSR count). The minimum atomic E-state index is 0.325. The Kier molecular flexibility index (Phi) is 6.50. The quantitative estimate of drug-likeness (QED) is 0.316. The first-order valence-corrected chi connectivity index (χ1v) is 12.1. The van der Waals surface area contributed by atoms with E-state index in [0.29, 0.717) is 24.1 Å². The van der Waals surface area contributed by atoms with E-state index in [9.17, 15) is 0 Å². The summed E-state index contributed by atoms with van der Waals surface area (Å²) in [6.45, 7) is 0.794. The highest BCUT2D eigenvalue weighted by Crippen LogP contribution is 2.33. The van der Waals surface area contributed by atoms with Gasteiger partial charge in [-0.15, -0.1) is 0 Å². The highest BCUT2D eigenvalue weighted by atomic mass is 15.4. The Morgan fingerprint density at radius 2 is 1.75 bits per heavy atom. The largest absolute Gasteiger partial charge is 0.351 e. The van der Waals surface area contributed by atoms with E-state index in [4.69, 9.17) is 15.7 Å². The van der Waals surface area contributed by atoms with Crippen LogP contribution in [0.15, 0.2) is 36.7 Å². The van der Waals surface area contributed by atoms with Crippen molar-refractivity contribution in [3.63, 3.8) is 0 Å². The van der Waals surface area contributed by atoms with Gasteiger partial charge in [0.1, 0.15) is 0 Å². The van der Waals surface area contributed by atoms with Crippen LogP contribution in [0.5, 0.6) is 0 Å². The predicted octanol–water partition coefficient (Wildman–Crippen LogP) is 3.78. The fourth-order valence-electron chi connectivity index (χ4n) is 4.96. The molecular weight excluding hydrogens is 400 g/mol. The van der Waals surface area contributed by atoms with Crippen LogP contribution in [-0.4, -0.2) is 38.1 Å². The molecule has 8 heteroatoms. The smallest absolute Gasteiger partial charge is 0.227 e. The predicted molar refractivity (Wildman–Crippen MR) is 128 cm³/mol. The molecule has 0 radical (unpaired) electrons. The molecule has 32 heavy (non-hydrogen) atoms. The number of rotatable bonds is 8. The van der Waals surface area contributed by atoms with E-state index in [-0.39, 0.29) is 0 Å². The number of anilines is 2. The van der Waals surface area contributed by atoms with E-state index in [1.54, 1.807) is 0 Å². The van der Waals surface area contributed by atoms with Gasteiger partial charge < -0.3 is 21.0 Å². The average Bonchev–Trinajstić information content (AvgIpc) is 3.49. The fourth-order valence-corrected chi connectivity index (χ4v) is 4.96. The lowest BCUT2D eigenvalue weighted by Gasteiger charge is -2.27. The summed E-state index contributed by atoms with van der Waals surface area (Å²) in [5, 5.41) is 3.57. The van der Waals surface area contributed by atoms with Crippen LogP contribution in [0.25, 0.3) is 11.2 Å². The first-order chi connectivity index (χ1) is 15.8. The number of nitrogens with two attached hydrogens (primary N) is 1. The van der Waals surface area contributed by atoms with Gasteiger partial charge in [-0.3, -0.25) is 0 Å². The molecule has 2 fully saturated rings. The normalized spacial score (nSPS) is 21.8. The van der Waals surface area contributed by atoms with Gasteiger partial charge >= 0.3 is 0 Å². The number of hydrogen-bond donors (Lipinski definition) is 4.